The Hall–Kier alpha value is -2.91. The van der Waals surface area contributed by atoms with E-state index in [9.17, 15) is 28.1 Å². The first kappa shape index (κ1) is 14.5. The Morgan fingerprint density at radius 2 is 2.10 bits per heavy atom. The van der Waals surface area contributed by atoms with Gasteiger partial charge in [-0.25, -0.2) is 22.9 Å². The molecule has 2 aromatic rings. The van der Waals surface area contributed by atoms with Crippen molar-refractivity contribution < 1.29 is 32.4 Å². The molecule has 0 bridgehead atoms. The molecule has 2 rings (SSSR count). The number of nitro groups is 1. The lowest BCUT2D eigenvalue weighted by Crippen LogP contribution is -1.99. The van der Waals surface area contributed by atoms with Crippen LogP contribution < -0.4 is 0 Å². The average molecular weight is 302 g/mol. The summed E-state index contributed by atoms with van der Waals surface area (Å²) in [7, 11) is 0. The maximum Gasteiger partial charge on any atom is 0.374 e. The zero-order valence-corrected chi connectivity index (χ0v) is 9.92. The Morgan fingerprint density at radius 1 is 1.43 bits per heavy atom. The second-order valence-electron chi connectivity index (χ2n) is 3.76. The molecule has 0 radical (unpaired) electrons. The van der Waals surface area contributed by atoms with Crippen LogP contribution >= 0.6 is 0 Å². The van der Waals surface area contributed by atoms with Crippen LogP contribution in [0.15, 0.2) is 22.6 Å². The van der Waals surface area contributed by atoms with E-state index in [1.807, 2.05) is 0 Å². The predicted molar refractivity (Wildman–Crippen MR) is 60.5 cm³/mol. The fourth-order valence-electron chi connectivity index (χ4n) is 1.58. The number of benzene rings is 1. The van der Waals surface area contributed by atoms with Crippen molar-refractivity contribution in [3.63, 3.8) is 0 Å². The van der Waals surface area contributed by atoms with Crippen molar-refractivity contribution in [2.75, 3.05) is 0 Å². The van der Waals surface area contributed by atoms with Crippen molar-refractivity contribution in [1.29, 1.82) is 0 Å². The molecule has 0 saturated heterocycles. The van der Waals surface area contributed by atoms with Crippen LogP contribution in [0.3, 0.4) is 0 Å². The summed E-state index contributed by atoms with van der Waals surface area (Å²) in [5.41, 5.74) is -2.35. The lowest BCUT2D eigenvalue weighted by atomic mass is 10.2. The number of nitro benzene ring substituents is 1. The van der Waals surface area contributed by atoms with Gasteiger partial charge < -0.3 is 9.52 Å². The van der Waals surface area contributed by atoms with Crippen molar-refractivity contribution in [1.82, 2.24) is 4.98 Å². The van der Waals surface area contributed by atoms with Gasteiger partial charge in [0.25, 0.3) is 12.1 Å². The molecule has 7 nitrogen and oxygen atoms in total. The molecule has 1 aromatic carbocycles. The van der Waals surface area contributed by atoms with Crippen LogP contribution in [0.25, 0.3) is 11.5 Å². The molecular weight excluding hydrogens is 297 g/mol. The highest BCUT2D eigenvalue weighted by atomic mass is 19.3. The van der Waals surface area contributed by atoms with Crippen molar-refractivity contribution in [2.24, 2.45) is 0 Å². The summed E-state index contributed by atoms with van der Waals surface area (Å²) < 4.78 is 43.0. The third kappa shape index (κ3) is 2.68. The lowest BCUT2D eigenvalue weighted by Gasteiger charge is -1.98. The van der Waals surface area contributed by atoms with E-state index >= 15 is 0 Å². The van der Waals surface area contributed by atoms with Crippen LogP contribution in [0, 0.1) is 15.9 Å². The highest BCUT2D eigenvalue weighted by Gasteiger charge is 2.29. The smallest absolute Gasteiger partial charge is 0.374 e. The first-order chi connectivity index (χ1) is 9.81. The van der Waals surface area contributed by atoms with E-state index in [0.717, 1.165) is 12.1 Å². The number of alkyl halides is 2. The highest BCUT2D eigenvalue weighted by molar-refractivity contribution is 5.86. The van der Waals surface area contributed by atoms with Gasteiger partial charge in [-0.05, 0) is 12.1 Å². The molecule has 1 N–H and O–H groups in total. The molecule has 0 fully saturated rings. The van der Waals surface area contributed by atoms with E-state index in [1.165, 1.54) is 0 Å². The number of carboxylic acid groups (broad SMARTS) is 1. The molecule has 1 aromatic heterocycles. The first-order valence-corrected chi connectivity index (χ1v) is 5.27. The van der Waals surface area contributed by atoms with Crippen LogP contribution in [-0.4, -0.2) is 21.0 Å². The Balaban J connectivity index is 2.65. The third-order valence-corrected chi connectivity index (χ3v) is 2.44. The molecule has 110 valence electrons. The Kier molecular flexibility index (Phi) is 3.61. The fraction of sp³-hybridized carbons (Fsp3) is 0.0909. The summed E-state index contributed by atoms with van der Waals surface area (Å²) in [6.07, 6.45) is -3.24. The number of oxazole rings is 1. The Labute approximate surface area is 113 Å². The maximum atomic E-state index is 13.0. The van der Waals surface area contributed by atoms with Gasteiger partial charge in [0.05, 0.1) is 11.0 Å². The zero-order chi connectivity index (χ0) is 15.7. The molecule has 0 amide bonds. The van der Waals surface area contributed by atoms with E-state index in [4.69, 9.17) is 5.11 Å². The summed E-state index contributed by atoms with van der Waals surface area (Å²) >= 11 is 0. The van der Waals surface area contributed by atoms with Gasteiger partial charge in [-0.3, -0.25) is 10.1 Å². The van der Waals surface area contributed by atoms with Crippen LogP contribution in [0.5, 0.6) is 0 Å². The fourth-order valence-corrected chi connectivity index (χ4v) is 1.58. The number of nitrogens with zero attached hydrogens (tertiary/aromatic N) is 2. The lowest BCUT2D eigenvalue weighted by molar-refractivity contribution is -0.384. The summed E-state index contributed by atoms with van der Waals surface area (Å²) in [5.74, 6) is -4.55. The van der Waals surface area contributed by atoms with E-state index in [-0.39, 0.29) is 0 Å². The number of aromatic nitrogens is 1. The largest absolute Gasteiger partial charge is 0.475 e. The number of hydrogen-bond donors (Lipinski definition) is 1. The molecule has 0 aliphatic rings. The van der Waals surface area contributed by atoms with Gasteiger partial charge in [0, 0.05) is 0 Å². The van der Waals surface area contributed by atoms with E-state index in [0.29, 0.717) is 6.07 Å². The van der Waals surface area contributed by atoms with Gasteiger partial charge in [0.15, 0.2) is 5.69 Å². The molecule has 0 aliphatic carbocycles. The van der Waals surface area contributed by atoms with Crippen molar-refractivity contribution in [3.05, 3.63) is 45.6 Å². The Morgan fingerprint density at radius 3 is 2.57 bits per heavy atom. The number of carbonyl (C=O) groups is 1. The standard InChI is InChI=1S/C11H5F3N2O5/c12-4-1-2-5(6(3-4)16(19)20)10-15-7(9(13)14)8(21-10)11(17)18/h1-3,9H,(H,17,18). The minimum absolute atomic E-state index is 0.407. The zero-order valence-electron chi connectivity index (χ0n) is 9.92. The van der Waals surface area contributed by atoms with E-state index in [2.05, 4.69) is 9.40 Å². The van der Waals surface area contributed by atoms with Crippen LogP contribution in [-0.2, 0) is 0 Å². The molecule has 0 aliphatic heterocycles. The molecular formula is C11H5F3N2O5. The third-order valence-electron chi connectivity index (χ3n) is 2.44. The van der Waals surface area contributed by atoms with Crippen LogP contribution in [0.2, 0.25) is 0 Å². The Bertz CT molecular complexity index is 729. The van der Waals surface area contributed by atoms with Gasteiger partial charge >= 0.3 is 5.97 Å². The highest BCUT2D eigenvalue weighted by Crippen LogP contribution is 2.33. The number of halogens is 3. The summed E-state index contributed by atoms with van der Waals surface area (Å²) in [6.45, 7) is 0. The van der Waals surface area contributed by atoms with Crippen LogP contribution in [0.4, 0.5) is 18.9 Å². The molecule has 0 saturated carbocycles. The number of rotatable bonds is 4. The number of carboxylic acids is 1. The van der Waals surface area contributed by atoms with Gasteiger partial charge in [-0.1, -0.05) is 0 Å². The maximum absolute atomic E-state index is 13.0. The van der Waals surface area contributed by atoms with Crippen LogP contribution in [0.1, 0.15) is 22.7 Å². The normalized spacial score (nSPS) is 10.9. The quantitative estimate of drug-likeness (QED) is 0.687. The van der Waals surface area contributed by atoms with E-state index < -0.39 is 51.7 Å². The summed E-state index contributed by atoms with van der Waals surface area (Å²) in [5, 5.41) is 19.5. The average Bonchev–Trinajstić information content (AvgIpc) is 2.83. The number of hydrogen-bond acceptors (Lipinski definition) is 5. The molecule has 10 heteroatoms. The molecule has 0 unspecified atom stereocenters. The monoisotopic (exact) mass is 302 g/mol. The molecule has 1 heterocycles. The second kappa shape index (κ2) is 5.23. The second-order valence-corrected chi connectivity index (χ2v) is 3.76. The molecule has 21 heavy (non-hydrogen) atoms. The first-order valence-electron chi connectivity index (χ1n) is 5.27. The summed E-state index contributed by atoms with van der Waals surface area (Å²) in [6, 6.07) is 2.26. The van der Waals surface area contributed by atoms with Gasteiger partial charge in [0.2, 0.25) is 11.7 Å². The number of aromatic carboxylic acids is 1. The minimum Gasteiger partial charge on any atom is -0.475 e. The van der Waals surface area contributed by atoms with Gasteiger partial charge in [0.1, 0.15) is 11.4 Å². The minimum atomic E-state index is -3.24. The summed E-state index contributed by atoms with van der Waals surface area (Å²) in [4.78, 5) is 23.9. The van der Waals surface area contributed by atoms with Crippen molar-refractivity contribution in [2.45, 2.75) is 6.43 Å². The molecule has 0 spiro atoms. The topological polar surface area (TPSA) is 106 Å². The van der Waals surface area contributed by atoms with Gasteiger partial charge in [-0.15, -0.1) is 0 Å². The van der Waals surface area contributed by atoms with Crippen molar-refractivity contribution in [3.8, 4) is 11.5 Å². The predicted octanol–water partition coefficient (Wildman–Crippen LogP) is 3.02. The van der Waals surface area contributed by atoms with E-state index in [1.54, 1.807) is 0 Å². The SMILES string of the molecule is O=C(O)c1oc(-c2ccc(F)cc2[N+](=O)[O-])nc1C(F)F. The van der Waals surface area contributed by atoms with Crippen molar-refractivity contribution >= 4 is 11.7 Å². The molecule has 0 atom stereocenters. The van der Waals surface area contributed by atoms with Gasteiger partial charge in [-0.2, -0.15) is 0 Å².